The summed E-state index contributed by atoms with van der Waals surface area (Å²) >= 11 is 1.78. The molecule has 0 bridgehead atoms. The molecule has 1 N–H and O–H groups in total. The van der Waals surface area contributed by atoms with Crippen molar-refractivity contribution in [2.24, 2.45) is 5.92 Å². The highest BCUT2D eigenvalue weighted by atomic mass is 32.2. The van der Waals surface area contributed by atoms with Gasteiger partial charge in [-0.1, -0.05) is 18.7 Å². The summed E-state index contributed by atoms with van der Waals surface area (Å²) in [6.45, 7) is 5.06. The average Bonchev–Trinajstić information content (AvgIpc) is 2.98. The van der Waals surface area contributed by atoms with Crippen LogP contribution in [0.15, 0.2) is 5.16 Å². The molecule has 112 valence electrons. The van der Waals surface area contributed by atoms with E-state index in [9.17, 15) is 0 Å². The summed E-state index contributed by atoms with van der Waals surface area (Å²) in [5.74, 6) is 1.64. The molecule has 2 fully saturated rings. The molecule has 0 aromatic carbocycles. The van der Waals surface area contributed by atoms with E-state index < -0.39 is 0 Å². The lowest BCUT2D eigenvalue weighted by Gasteiger charge is -2.23. The van der Waals surface area contributed by atoms with Gasteiger partial charge in [-0.3, -0.25) is 0 Å². The third-order valence-electron chi connectivity index (χ3n) is 3.94. The average molecular weight is 297 g/mol. The fourth-order valence-corrected chi connectivity index (χ4v) is 3.69. The molecule has 2 aliphatic rings. The van der Waals surface area contributed by atoms with Crippen molar-refractivity contribution in [1.29, 1.82) is 0 Å². The van der Waals surface area contributed by atoms with Crippen molar-refractivity contribution in [3.8, 4) is 0 Å². The number of ether oxygens (including phenoxy) is 1. The smallest absolute Gasteiger partial charge is 0.209 e. The Kier molecular flexibility index (Phi) is 4.90. The molecule has 3 rings (SSSR count). The second-order valence-corrected chi connectivity index (χ2v) is 6.62. The van der Waals surface area contributed by atoms with E-state index in [4.69, 9.17) is 4.74 Å². The van der Waals surface area contributed by atoms with Gasteiger partial charge in [-0.2, -0.15) is 0 Å². The third-order valence-corrected chi connectivity index (χ3v) is 4.99. The maximum absolute atomic E-state index is 5.53. The molecule has 1 aliphatic carbocycles. The van der Waals surface area contributed by atoms with Crippen LogP contribution < -0.4 is 5.32 Å². The largest absolute Gasteiger partial charge is 0.381 e. The minimum Gasteiger partial charge on any atom is -0.381 e. The van der Waals surface area contributed by atoms with Crippen LogP contribution >= 0.6 is 11.8 Å². The maximum atomic E-state index is 5.53. The van der Waals surface area contributed by atoms with Crippen LogP contribution in [-0.4, -0.2) is 51.8 Å². The van der Waals surface area contributed by atoms with E-state index in [2.05, 4.69) is 27.8 Å². The van der Waals surface area contributed by atoms with Crippen molar-refractivity contribution in [2.75, 3.05) is 25.5 Å². The zero-order valence-electron chi connectivity index (χ0n) is 12.0. The Morgan fingerprint density at radius 3 is 3.05 bits per heavy atom. The molecule has 2 unspecified atom stereocenters. The van der Waals surface area contributed by atoms with Crippen LogP contribution in [0.4, 0.5) is 0 Å². The van der Waals surface area contributed by atoms with Gasteiger partial charge in [-0.15, -0.1) is 5.10 Å². The van der Waals surface area contributed by atoms with Gasteiger partial charge in [0, 0.05) is 24.3 Å². The molecule has 0 spiro atoms. The number of rotatable bonds is 8. The summed E-state index contributed by atoms with van der Waals surface area (Å²) < 4.78 is 7.52. The van der Waals surface area contributed by atoms with E-state index in [1.807, 2.05) is 4.68 Å². The van der Waals surface area contributed by atoms with Crippen molar-refractivity contribution in [2.45, 2.75) is 49.8 Å². The molecule has 1 saturated heterocycles. The fourth-order valence-electron chi connectivity index (χ4n) is 2.55. The van der Waals surface area contributed by atoms with Gasteiger partial charge in [-0.25, -0.2) is 4.68 Å². The second-order valence-electron chi connectivity index (χ2n) is 5.63. The Labute approximate surface area is 124 Å². The quantitative estimate of drug-likeness (QED) is 0.734. The predicted octanol–water partition coefficient (Wildman–Crippen LogP) is 1.50. The molecule has 0 radical (unpaired) electrons. The SMILES string of the molecule is CCCNC(CSc1nnnn1C1CC1)C1CCOC1. The maximum Gasteiger partial charge on any atom is 0.209 e. The first-order valence-electron chi connectivity index (χ1n) is 7.60. The number of hydrogen-bond acceptors (Lipinski definition) is 6. The van der Waals surface area contributed by atoms with Crippen LogP contribution in [0.2, 0.25) is 0 Å². The number of hydrogen-bond donors (Lipinski definition) is 1. The van der Waals surface area contributed by atoms with E-state index in [1.54, 1.807) is 11.8 Å². The van der Waals surface area contributed by atoms with Crippen molar-refractivity contribution in [3.05, 3.63) is 0 Å². The first-order chi connectivity index (χ1) is 9.88. The van der Waals surface area contributed by atoms with Gasteiger partial charge in [0.15, 0.2) is 0 Å². The fraction of sp³-hybridized carbons (Fsp3) is 0.923. The first kappa shape index (κ1) is 14.3. The summed E-state index contributed by atoms with van der Waals surface area (Å²) in [7, 11) is 0. The highest BCUT2D eigenvalue weighted by molar-refractivity contribution is 7.99. The monoisotopic (exact) mass is 297 g/mol. The van der Waals surface area contributed by atoms with E-state index >= 15 is 0 Å². The Bertz CT molecular complexity index is 417. The van der Waals surface area contributed by atoms with Crippen LogP contribution in [0.5, 0.6) is 0 Å². The lowest BCUT2D eigenvalue weighted by molar-refractivity contribution is 0.179. The Morgan fingerprint density at radius 1 is 1.45 bits per heavy atom. The molecule has 1 saturated carbocycles. The molecule has 1 aromatic heterocycles. The van der Waals surface area contributed by atoms with Crippen LogP contribution in [0.25, 0.3) is 0 Å². The molecular formula is C13H23N5OS. The van der Waals surface area contributed by atoms with Crippen molar-refractivity contribution < 1.29 is 4.74 Å². The van der Waals surface area contributed by atoms with Gasteiger partial charge in [0.25, 0.3) is 0 Å². The molecule has 1 aromatic rings. The summed E-state index contributed by atoms with van der Waals surface area (Å²) in [6.07, 6.45) is 4.75. The highest BCUT2D eigenvalue weighted by Gasteiger charge is 2.29. The highest BCUT2D eigenvalue weighted by Crippen LogP contribution is 2.36. The number of nitrogens with one attached hydrogen (secondary N) is 1. The van der Waals surface area contributed by atoms with Gasteiger partial charge in [0.05, 0.1) is 12.6 Å². The molecule has 2 heterocycles. The molecule has 7 heteroatoms. The second kappa shape index (κ2) is 6.87. The van der Waals surface area contributed by atoms with E-state index in [1.165, 1.54) is 12.8 Å². The normalized spacial score (nSPS) is 24.1. The number of tetrazole rings is 1. The van der Waals surface area contributed by atoms with Crippen LogP contribution in [0, 0.1) is 5.92 Å². The Balaban J connectivity index is 1.56. The number of nitrogens with zero attached hydrogens (tertiary/aromatic N) is 4. The van der Waals surface area contributed by atoms with E-state index in [0.29, 0.717) is 18.0 Å². The van der Waals surface area contributed by atoms with Crippen molar-refractivity contribution in [1.82, 2.24) is 25.5 Å². The summed E-state index contributed by atoms with van der Waals surface area (Å²) in [5.41, 5.74) is 0. The number of aromatic nitrogens is 4. The summed E-state index contributed by atoms with van der Waals surface area (Å²) in [5, 5.41) is 16.7. The topological polar surface area (TPSA) is 64.9 Å². The lowest BCUT2D eigenvalue weighted by atomic mass is 10.0. The Hall–Kier alpha value is -0.660. The first-order valence-corrected chi connectivity index (χ1v) is 8.59. The standard InChI is InChI=1S/C13H23N5OS/c1-2-6-14-12(10-5-7-19-8-10)9-20-13-15-16-17-18(13)11-3-4-11/h10-12,14H,2-9H2,1H3. The molecule has 1 aliphatic heterocycles. The predicted molar refractivity (Wildman–Crippen MR) is 77.8 cm³/mol. The molecular weight excluding hydrogens is 274 g/mol. The van der Waals surface area contributed by atoms with Crippen molar-refractivity contribution >= 4 is 11.8 Å². The Morgan fingerprint density at radius 2 is 2.35 bits per heavy atom. The van der Waals surface area contributed by atoms with E-state index in [-0.39, 0.29) is 0 Å². The zero-order valence-corrected chi connectivity index (χ0v) is 12.8. The third kappa shape index (κ3) is 3.51. The zero-order chi connectivity index (χ0) is 13.8. The molecule has 6 nitrogen and oxygen atoms in total. The van der Waals surface area contributed by atoms with Gasteiger partial charge in [0.1, 0.15) is 0 Å². The molecule has 2 atom stereocenters. The minimum atomic E-state index is 0.492. The lowest BCUT2D eigenvalue weighted by Crippen LogP contribution is -2.39. The minimum absolute atomic E-state index is 0.492. The van der Waals surface area contributed by atoms with Gasteiger partial charge < -0.3 is 10.1 Å². The summed E-state index contributed by atoms with van der Waals surface area (Å²) in [6, 6.07) is 1.04. The van der Waals surface area contributed by atoms with Gasteiger partial charge in [0.2, 0.25) is 5.16 Å². The number of thioether (sulfide) groups is 1. The van der Waals surface area contributed by atoms with Gasteiger partial charge >= 0.3 is 0 Å². The van der Waals surface area contributed by atoms with E-state index in [0.717, 1.165) is 43.5 Å². The van der Waals surface area contributed by atoms with Crippen LogP contribution in [0.3, 0.4) is 0 Å². The molecule has 20 heavy (non-hydrogen) atoms. The van der Waals surface area contributed by atoms with Gasteiger partial charge in [-0.05, 0) is 42.7 Å². The summed E-state index contributed by atoms with van der Waals surface area (Å²) in [4.78, 5) is 0. The van der Waals surface area contributed by atoms with Crippen LogP contribution in [-0.2, 0) is 4.74 Å². The van der Waals surface area contributed by atoms with Crippen LogP contribution in [0.1, 0.15) is 38.6 Å². The van der Waals surface area contributed by atoms with Crippen molar-refractivity contribution in [3.63, 3.8) is 0 Å². The molecule has 0 amide bonds.